The maximum absolute atomic E-state index is 12.2. The zero-order chi connectivity index (χ0) is 15.9. The lowest BCUT2D eigenvalue weighted by molar-refractivity contribution is 0.102. The van der Waals surface area contributed by atoms with Gasteiger partial charge in [0, 0.05) is 19.7 Å². The van der Waals surface area contributed by atoms with Crippen molar-refractivity contribution in [3.05, 3.63) is 56.7 Å². The summed E-state index contributed by atoms with van der Waals surface area (Å²) >= 11 is 0. The summed E-state index contributed by atoms with van der Waals surface area (Å²) in [6, 6.07) is 8.47. The number of nitrogens with one attached hydrogen (secondary N) is 1. The minimum atomic E-state index is -0.581. The molecular weight excluding hydrogens is 288 g/mol. The smallest absolute Gasteiger partial charge is 0.332 e. The molecule has 2 heterocycles. The van der Waals surface area contributed by atoms with E-state index in [1.165, 1.54) is 18.7 Å². The lowest BCUT2D eigenvalue weighted by Crippen LogP contribution is -2.37. The number of amides is 1. The van der Waals surface area contributed by atoms with Gasteiger partial charge in [-0.25, -0.2) is 4.79 Å². The summed E-state index contributed by atoms with van der Waals surface area (Å²) < 4.78 is 7.13. The van der Waals surface area contributed by atoms with Crippen LogP contribution in [-0.2, 0) is 14.1 Å². The number of fused-ring (bicyclic) bond motifs is 1. The van der Waals surface area contributed by atoms with Gasteiger partial charge in [-0.3, -0.25) is 24.0 Å². The summed E-state index contributed by atoms with van der Waals surface area (Å²) in [4.78, 5) is 36.1. The van der Waals surface area contributed by atoms with Crippen molar-refractivity contribution in [2.24, 2.45) is 14.1 Å². The number of benzene rings is 1. The Morgan fingerprint density at radius 1 is 1.14 bits per heavy atom. The van der Waals surface area contributed by atoms with Crippen LogP contribution in [0.4, 0.5) is 5.88 Å². The minimum Gasteiger partial charge on any atom is -0.335 e. The summed E-state index contributed by atoms with van der Waals surface area (Å²) in [5.74, 6) is -0.519. The highest BCUT2D eigenvalue weighted by Crippen LogP contribution is 2.18. The highest BCUT2D eigenvalue weighted by Gasteiger charge is 2.20. The van der Waals surface area contributed by atoms with E-state index in [4.69, 9.17) is 4.52 Å². The van der Waals surface area contributed by atoms with Gasteiger partial charge in [-0.05, 0) is 12.1 Å². The van der Waals surface area contributed by atoms with Gasteiger partial charge in [-0.1, -0.05) is 23.4 Å². The number of anilines is 1. The van der Waals surface area contributed by atoms with Gasteiger partial charge in [0.2, 0.25) is 5.88 Å². The van der Waals surface area contributed by atoms with Crippen molar-refractivity contribution >= 4 is 22.8 Å². The molecule has 112 valence electrons. The number of carbonyl (C=O) groups excluding carboxylic acids is 1. The molecule has 1 N–H and O–H groups in total. The van der Waals surface area contributed by atoms with E-state index in [0.29, 0.717) is 5.56 Å². The van der Waals surface area contributed by atoms with Crippen LogP contribution in [0.5, 0.6) is 0 Å². The van der Waals surface area contributed by atoms with Crippen LogP contribution in [0.15, 0.2) is 44.4 Å². The Morgan fingerprint density at radius 2 is 1.82 bits per heavy atom. The molecule has 0 aliphatic heterocycles. The lowest BCUT2D eigenvalue weighted by atomic mass is 10.2. The Hall–Kier alpha value is -3.16. The minimum absolute atomic E-state index is 0.0499. The van der Waals surface area contributed by atoms with Gasteiger partial charge in [0.25, 0.3) is 11.5 Å². The van der Waals surface area contributed by atoms with Crippen LogP contribution < -0.4 is 16.6 Å². The summed E-state index contributed by atoms with van der Waals surface area (Å²) in [6.45, 7) is 0. The van der Waals surface area contributed by atoms with Gasteiger partial charge in [-0.15, -0.1) is 0 Å². The van der Waals surface area contributed by atoms with Gasteiger partial charge in [-0.2, -0.15) is 0 Å². The van der Waals surface area contributed by atoms with Crippen LogP contribution in [0.3, 0.4) is 0 Å². The second-order valence-corrected chi connectivity index (χ2v) is 4.74. The van der Waals surface area contributed by atoms with Crippen molar-refractivity contribution in [1.29, 1.82) is 0 Å². The highest BCUT2D eigenvalue weighted by atomic mass is 16.5. The molecule has 0 fully saturated rings. The number of nitrogens with zero attached hydrogens (tertiary/aromatic N) is 3. The third-order valence-electron chi connectivity index (χ3n) is 3.35. The molecule has 0 aliphatic rings. The third-order valence-corrected chi connectivity index (χ3v) is 3.35. The number of rotatable bonds is 2. The van der Waals surface area contributed by atoms with Crippen molar-refractivity contribution in [3.8, 4) is 0 Å². The maximum Gasteiger partial charge on any atom is 0.332 e. The van der Waals surface area contributed by atoms with Gasteiger partial charge in [0.15, 0.2) is 5.65 Å². The molecule has 0 bridgehead atoms. The first-order valence-corrected chi connectivity index (χ1v) is 6.42. The molecular formula is C14H12N4O4. The van der Waals surface area contributed by atoms with E-state index in [1.807, 2.05) is 0 Å². The zero-order valence-electron chi connectivity index (χ0n) is 11.9. The molecule has 0 unspecified atom stereocenters. The average molecular weight is 300 g/mol. The normalized spacial score (nSPS) is 10.8. The van der Waals surface area contributed by atoms with E-state index in [0.717, 1.165) is 4.57 Å². The standard InChI is InChI=1S/C14H12N4O4/c1-17-10-9(13(20)18(2)14(17)21)12(22-16-10)15-11(19)8-6-4-3-5-7-8/h3-7H,1-2H3,(H,15,19). The molecule has 1 aromatic carbocycles. The van der Waals surface area contributed by atoms with Gasteiger partial charge >= 0.3 is 5.69 Å². The number of hydrogen-bond acceptors (Lipinski definition) is 5. The summed E-state index contributed by atoms with van der Waals surface area (Å²) in [5, 5.41) is 6.24. The second kappa shape index (κ2) is 4.99. The maximum atomic E-state index is 12.2. The van der Waals surface area contributed by atoms with E-state index < -0.39 is 17.2 Å². The van der Waals surface area contributed by atoms with Crippen LogP contribution >= 0.6 is 0 Å². The third kappa shape index (κ3) is 2.01. The molecule has 8 nitrogen and oxygen atoms in total. The first-order valence-electron chi connectivity index (χ1n) is 6.42. The quantitative estimate of drug-likeness (QED) is 0.742. The van der Waals surface area contributed by atoms with E-state index in [1.54, 1.807) is 30.3 Å². The first kappa shape index (κ1) is 13.8. The van der Waals surface area contributed by atoms with Crippen molar-refractivity contribution in [3.63, 3.8) is 0 Å². The van der Waals surface area contributed by atoms with Crippen LogP contribution in [0.25, 0.3) is 11.0 Å². The molecule has 1 amide bonds. The van der Waals surface area contributed by atoms with Crippen LogP contribution in [-0.4, -0.2) is 20.2 Å². The largest absolute Gasteiger partial charge is 0.335 e. The summed E-state index contributed by atoms with van der Waals surface area (Å²) in [7, 11) is 2.81. The van der Waals surface area contributed by atoms with Crippen LogP contribution in [0.2, 0.25) is 0 Å². The van der Waals surface area contributed by atoms with Gasteiger partial charge < -0.3 is 4.52 Å². The van der Waals surface area contributed by atoms with Crippen molar-refractivity contribution < 1.29 is 9.32 Å². The molecule has 3 rings (SSSR count). The van der Waals surface area contributed by atoms with Crippen LogP contribution in [0, 0.1) is 0 Å². The molecule has 3 aromatic rings. The Balaban J connectivity index is 2.12. The fourth-order valence-corrected chi connectivity index (χ4v) is 2.12. The van der Waals surface area contributed by atoms with E-state index >= 15 is 0 Å². The van der Waals surface area contributed by atoms with Crippen molar-refractivity contribution in [2.45, 2.75) is 0 Å². The monoisotopic (exact) mass is 300 g/mol. The molecule has 8 heteroatoms. The van der Waals surface area contributed by atoms with Crippen molar-refractivity contribution in [2.75, 3.05) is 5.32 Å². The molecule has 0 atom stereocenters. The first-order chi connectivity index (χ1) is 10.5. The van der Waals surface area contributed by atoms with E-state index in [2.05, 4.69) is 10.5 Å². The Morgan fingerprint density at radius 3 is 2.50 bits per heavy atom. The van der Waals surface area contributed by atoms with Crippen molar-refractivity contribution in [1.82, 2.24) is 14.3 Å². The molecule has 0 spiro atoms. The number of carbonyl (C=O) groups is 1. The number of aromatic nitrogens is 3. The SMILES string of the molecule is Cn1c(=O)c2c(NC(=O)c3ccccc3)onc2n(C)c1=O. The molecule has 0 saturated carbocycles. The number of hydrogen-bond donors (Lipinski definition) is 1. The zero-order valence-corrected chi connectivity index (χ0v) is 11.9. The molecule has 2 aromatic heterocycles. The topological polar surface area (TPSA) is 99.1 Å². The molecule has 22 heavy (non-hydrogen) atoms. The molecule has 0 aliphatic carbocycles. The Bertz CT molecular complexity index is 982. The predicted molar refractivity (Wildman–Crippen MR) is 78.9 cm³/mol. The highest BCUT2D eigenvalue weighted by molar-refractivity contribution is 6.06. The second-order valence-electron chi connectivity index (χ2n) is 4.74. The molecule has 0 radical (unpaired) electrons. The summed E-state index contributed by atoms with van der Waals surface area (Å²) in [6.07, 6.45) is 0. The average Bonchev–Trinajstić information content (AvgIpc) is 2.95. The predicted octanol–water partition coefficient (Wildman–Crippen LogP) is 0.477. The summed E-state index contributed by atoms with van der Waals surface area (Å²) in [5.41, 5.74) is -0.611. The lowest BCUT2D eigenvalue weighted by Gasteiger charge is -2.03. The van der Waals surface area contributed by atoms with Gasteiger partial charge in [0.05, 0.1) is 0 Å². The fraction of sp³-hybridized carbons (Fsp3) is 0.143. The molecule has 0 saturated heterocycles. The van der Waals surface area contributed by atoms with E-state index in [-0.39, 0.29) is 16.9 Å². The van der Waals surface area contributed by atoms with Gasteiger partial charge in [0.1, 0.15) is 5.39 Å². The Kier molecular flexibility index (Phi) is 3.13. The Labute approximate surface area is 123 Å². The fourth-order valence-electron chi connectivity index (χ4n) is 2.12. The van der Waals surface area contributed by atoms with E-state index in [9.17, 15) is 14.4 Å². The van der Waals surface area contributed by atoms with Crippen LogP contribution in [0.1, 0.15) is 10.4 Å². The number of aryl methyl sites for hydroxylation is 1.